The van der Waals surface area contributed by atoms with Gasteiger partial charge in [-0.1, -0.05) is 24.3 Å². The maximum Gasteiger partial charge on any atom is 0.0540 e. The van der Waals surface area contributed by atoms with Gasteiger partial charge in [0.1, 0.15) is 0 Å². The fourth-order valence-electron chi connectivity index (χ4n) is 2.99. The van der Waals surface area contributed by atoms with Gasteiger partial charge in [0, 0.05) is 36.3 Å². The second kappa shape index (κ2) is 7.25. The monoisotopic (exact) mass is 359 g/mol. The number of anilines is 1. The summed E-state index contributed by atoms with van der Waals surface area (Å²) in [7, 11) is 0. The minimum Gasteiger partial charge on any atom is -0.381 e. The van der Waals surface area contributed by atoms with Crippen molar-refractivity contribution in [2.75, 3.05) is 18.4 Å². The topological polar surface area (TPSA) is 28.2 Å². The van der Waals surface area contributed by atoms with E-state index in [9.17, 15) is 0 Å². The normalized spacial score (nSPS) is 16.6. The molecule has 1 saturated heterocycles. The lowest BCUT2D eigenvalue weighted by atomic mass is 10.0. The van der Waals surface area contributed by atoms with Crippen LogP contribution < -0.4 is 5.32 Å². The van der Waals surface area contributed by atoms with Crippen LogP contribution in [0.15, 0.2) is 47.2 Å². The van der Waals surface area contributed by atoms with E-state index >= 15 is 0 Å². The van der Waals surface area contributed by atoms with Gasteiger partial charge in [-0.15, -0.1) is 0 Å². The maximum absolute atomic E-state index is 4.21. The van der Waals surface area contributed by atoms with Gasteiger partial charge in [0.05, 0.1) is 11.9 Å². The molecule has 2 aromatic rings. The van der Waals surface area contributed by atoms with E-state index in [1.165, 1.54) is 24.0 Å². The zero-order valence-corrected chi connectivity index (χ0v) is 14.5. The number of rotatable bonds is 4. The van der Waals surface area contributed by atoms with Gasteiger partial charge in [-0.25, -0.2) is 0 Å². The molecule has 0 saturated carbocycles. The molecule has 0 atom stereocenters. The number of nitrogens with zero attached hydrogens (tertiary/aromatic N) is 2. The van der Waals surface area contributed by atoms with Crippen molar-refractivity contribution in [3.8, 4) is 0 Å². The van der Waals surface area contributed by atoms with Crippen LogP contribution in [0.2, 0.25) is 0 Å². The largest absolute Gasteiger partial charge is 0.381 e. The zero-order valence-electron chi connectivity index (χ0n) is 12.9. The van der Waals surface area contributed by atoms with Crippen molar-refractivity contribution in [1.82, 2.24) is 9.88 Å². The van der Waals surface area contributed by atoms with Crippen LogP contribution in [0.5, 0.6) is 0 Å². The van der Waals surface area contributed by atoms with Crippen LogP contribution in [0.25, 0.3) is 0 Å². The van der Waals surface area contributed by atoms with E-state index in [1.54, 1.807) is 0 Å². The molecule has 1 fully saturated rings. The number of hydrogen-bond acceptors (Lipinski definition) is 3. The Morgan fingerprint density at radius 1 is 1.23 bits per heavy atom. The van der Waals surface area contributed by atoms with Gasteiger partial charge < -0.3 is 5.32 Å². The third-order valence-corrected chi connectivity index (χ3v) is 4.75. The van der Waals surface area contributed by atoms with Crippen LogP contribution in [-0.2, 0) is 6.54 Å². The minimum atomic E-state index is 0.546. The van der Waals surface area contributed by atoms with Crippen LogP contribution in [0.3, 0.4) is 0 Å². The lowest BCUT2D eigenvalue weighted by Gasteiger charge is -2.33. The molecule has 3 rings (SSSR count). The number of pyridine rings is 1. The first kappa shape index (κ1) is 15.5. The van der Waals surface area contributed by atoms with E-state index in [0.717, 1.165) is 29.8 Å². The molecule has 1 aromatic heterocycles. The molecule has 0 amide bonds. The number of nitrogens with one attached hydrogen (secondary N) is 1. The summed E-state index contributed by atoms with van der Waals surface area (Å²) in [5, 5.41) is 3.60. The van der Waals surface area contributed by atoms with E-state index in [-0.39, 0.29) is 0 Å². The van der Waals surface area contributed by atoms with Crippen molar-refractivity contribution < 1.29 is 0 Å². The highest BCUT2D eigenvalue weighted by Crippen LogP contribution is 2.20. The fraction of sp³-hybridized carbons (Fsp3) is 0.389. The van der Waals surface area contributed by atoms with E-state index in [1.807, 2.05) is 12.4 Å². The smallest absolute Gasteiger partial charge is 0.0540 e. The molecule has 1 aromatic carbocycles. The van der Waals surface area contributed by atoms with Crippen LogP contribution in [0.4, 0.5) is 5.69 Å². The summed E-state index contributed by atoms with van der Waals surface area (Å²) in [6, 6.07) is 11.3. The van der Waals surface area contributed by atoms with Crippen LogP contribution in [0.1, 0.15) is 24.0 Å². The van der Waals surface area contributed by atoms with Crippen molar-refractivity contribution >= 4 is 21.6 Å². The Kier molecular flexibility index (Phi) is 5.11. The number of hydrogen-bond donors (Lipinski definition) is 1. The predicted molar refractivity (Wildman–Crippen MR) is 95.0 cm³/mol. The quantitative estimate of drug-likeness (QED) is 0.885. The van der Waals surface area contributed by atoms with E-state index < -0.39 is 0 Å². The predicted octanol–water partition coefficient (Wildman–Crippen LogP) is 4.23. The summed E-state index contributed by atoms with van der Waals surface area (Å²) in [6.07, 6.45) is 6.07. The van der Waals surface area contributed by atoms with Gasteiger partial charge in [-0.3, -0.25) is 9.88 Å². The molecule has 116 valence electrons. The Morgan fingerprint density at radius 3 is 2.73 bits per heavy atom. The van der Waals surface area contributed by atoms with Gasteiger partial charge in [0.15, 0.2) is 0 Å². The molecule has 0 spiro atoms. The summed E-state index contributed by atoms with van der Waals surface area (Å²) in [4.78, 5) is 6.77. The number of halogens is 1. The number of benzene rings is 1. The number of piperidine rings is 1. The zero-order chi connectivity index (χ0) is 15.4. The van der Waals surface area contributed by atoms with Crippen molar-refractivity contribution in [3.63, 3.8) is 0 Å². The van der Waals surface area contributed by atoms with Crippen molar-refractivity contribution in [1.29, 1.82) is 0 Å². The SMILES string of the molecule is Cc1ccccc1CN1CCC(Nc2cncc(Br)c2)CC1. The fourth-order valence-corrected chi connectivity index (χ4v) is 3.36. The van der Waals surface area contributed by atoms with E-state index in [4.69, 9.17) is 0 Å². The van der Waals surface area contributed by atoms with Crippen molar-refractivity contribution in [2.45, 2.75) is 32.4 Å². The molecule has 1 aliphatic heterocycles. The molecule has 1 aliphatic rings. The lowest BCUT2D eigenvalue weighted by Crippen LogP contribution is -2.38. The average molecular weight is 360 g/mol. The summed E-state index contributed by atoms with van der Waals surface area (Å²) in [5.41, 5.74) is 3.94. The Labute approximate surface area is 140 Å². The summed E-state index contributed by atoms with van der Waals surface area (Å²) in [5.74, 6) is 0. The van der Waals surface area contributed by atoms with Gasteiger partial charge in [-0.2, -0.15) is 0 Å². The third-order valence-electron chi connectivity index (χ3n) is 4.32. The van der Waals surface area contributed by atoms with E-state index in [0.29, 0.717) is 6.04 Å². The molecule has 0 aliphatic carbocycles. The first-order chi connectivity index (χ1) is 10.7. The van der Waals surface area contributed by atoms with Gasteiger partial charge in [0.2, 0.25) is 0 Å². The Balaban J connectivity index is 1.51. The molecule has 4 heteroatoms. The average Bonchev–Trinajstić information content (AvgIpc) is 2.52. The van der Waals surface area contributed by atoms with Crippen LogP contribution in [0, 0.1) is 6.92 Å². The first-order valence-electron chi connectivity index (χ1n) is 7.84. The summed E-state index contributed by atoms with van der Waals surface area (Å²) < 4.78 is 1.02. The number of aryl methyl sites for hydroxylation is 1. The van der Waals surface area contributed by atoms with Crippen LogP contribution >= 0.6 is 15.9 Å². The van der Waals surface area contributed by atoms with E-state index in [2.05, 4.69) is 68.4 Å². The summed E-state index contributed by atoms with van der Waals surface area (Å²) in [6.45, 7) is 5.56. The molecule has 0 radical (unpaired) electrons. The van der Waals surface area contributed by atoms with Crippen LogP contribution in [-0.4, -0.2) is 29.0 Å². The van der Waals surface area contributed by atoms with Crippen molar-refractivity contribution in [2.24, 2.45) is 0 Å². The van der Waals surface area contributed by atoms with Crippen molar-refractivity contribution in [3.05, 3.63) is 58.3 Å². The molecule has 2 heterocycles. The number of likely N-dealkylation sites (tertiary alicyclic amines) is 1. The number of aromatic nitrogens is 1. The van der Waals surface area contributed by atoms with Gasteiger partial charge >= 0.3 is 0 Å². The molecular weight excluding hydrogens is 338 g/mol. The molecule has 0 unspecified atom stereocenters. The Hall–Kier alpha value is -1.39. The Bertz CT molecular complexity index is 621. The molecule has 3 nitrogen and oxygen atoms in total. The molecule has 22 heavy (non-hydrogen) atoms. The minimum absolute atomic E-state index is 0.546. The lowest BCUT2D eigenvalue weighted by molar-refractivity contribution is 0.211. The van der Waals surface area contributed by atoms with Gasteiger partial charge in [0.25, 0.3) is 0 Å². The first-order valence-corrected chi connectivity index (χ1v) is 8.64. The molecule has 1 N–H and O–H groups in total. The highest BCUT2D eigenvalue weighted by atomic mass is 79.9. The molecular formula is C18H22BrN3. The third kappa shape index (κ3) is 4.08. The molecule has 0 bridgehead atoms. The second-order valence-electron chi connectivity index (χ2n) is 6.01. The standard InChI is InChI=1S/C18H22BrN3/c1-14-4-2-3-5-15(14)13-22-8-6-17(7-9-22)21-18-10-16(19)11-20-12-18/h2-5,10-12,17,21H,6-9,13H2,1H3. The Morgan fingerprint density at radius 2 is 2.00 bits per heavy atom. The highest BCUT2D eigenvalue weighted by molar-refractivity contribution is 9.10. The van der Waals surface area contributed by atoms with Gasteiger partial charge in [-0.05, 0) is 52.9 Å². The second-order valence-corrected chi connectivity index (χ2v) is 6.93. The highest BCUT2D eigenvalue weighted by Gasteiger charge is 2.19. The summed E-state index contributed by atoms with van der Waals surface area (Å²) >= 11 is 3.47. The maximum atomic E-state index is 4.21.